The second-order valence-electron chi connectivity index (χ2n) is 2.62. The highest BCUT2D eigenvalue weighted by Crippen LogP contribution is 1.83. The lowest BCUT2D eigenvalue weighted by atomic mass is 10.5. The van der Waals surface area contributed by atoms with E-state index < -0.39 is 0 Å². The summed E-state index contributed by atoms with van der Waals surface area (Å²) in [7, 11) is 3.94. The van der Waals surface area contributed by atoms with Gasteiger partial charge in [0.15, 0.2) is 0 Å². The molecule has 0 fully saturated rings. The lowest BCUT2D eigenvalue weighted by Crippen LogP contribution is -3.11. The normalized spacial score (nSPS) is 12.8. The Morgan fingerprint density at radius 2 is 2.00 bits per heavy atom. The summed E-state index contributed by atoms with van der Waals surface area (Å²) in [4.78, 5) is 1.14. The number of likely N-dealkylation sites (N-methyl/N-ethyl adjacent to an activating group) is 1. The fraction of sp³-hybridized carbons (Fsp3) is 1.00. The van der Waals surface area contributed by atoms with Gasteiger partial charge in [0.2, 0.25) is 6.23 Å². The third-order valence-electron chi connectivity index (χ3n) is 1.33. The van der Waals surface area contributed by atoms with E-state index in [0.29, 0.717) is 0 Å². The van der Waals surface area contributed by atoms with E-state index in [2.05, 4.69) is 6.92 Å². The number of hydrogen-bond acceptors (Lipinski definition) is 2. The maximum atomic E-state index is 8.78. The highest BCUT2D eigenvalue weighted by molar-refractivity contribution is 4.34. The van der Waals surface area contributed by atoms with Crippen LogP contribution in [0.25, 0.3) is 0 Å². The monoisotopic (exact) mass is 183 g/mol. The first kappa shape index (κ1) is 13.7. The van der Waals surface area contributed by atoms with Crippen molar-refractivity contribution in [2.24, 2.45) is 0 Å². The van der Waals surface area contributed by atoms with Gasteiger partial charge in [-0.25, -0.2) is 0 Å². The van der Waals surface area contributed by atoms with Crippen LogP contribution < -0.4 is 17.3 Å². The number of nitrogens with one attached hydrogen (secondary N) is 1. The molecule has 0 aliphatic heterocycles. The Hall–Kier alpha value is 0.170. The van der Waals surface area contributed by atoms with E-state index in [0.717, 1.165) is 17.9 Å². The minimum Gasteiger partial charge on any atom is -1.00 e. The van der Waals surface area contributed by atoms with Gasteiger partial charge in [0.05, 0.1) is 20.7 Å². The van der Waals surface area contributed by atoms with E-state index in [1.165, 1.54) is 0 Å². The quantitative estimate of drug-likeness (QED) is 0.425. The number of quaternary nitrogens is 1. The molecule has 0 aromatic carbocycles. The van der Waals surface area contributed by atoms with Gasteiger partial charge < -0.3 is 27.2 Å². The number of hydrogen-bond donors (Lipinski definition) is 2. The van der Waals surface area contributed by atoms with Gasteiger partial charge in [0.25, 0.3) is 0 Å². The fourth-order valence-corrected chi connectivity index (χ4v) is 0.662. The van der Waals surface area contributed by atoms with Crippen LogP contribution >= 0.6 is 0 Å². The maximum Gasteiger partial charge on any atom is 0.214 e. The first-order valence-corrected chi connectivity index (χ1v) is 3.74. The van der Waals surface area contributed by atoms with Crippen molar-refractivity contribution in [3.05, 3.63) is 0 Å². The summed E-state index contributed by atoms with van der Waals surface area (Å²) in [6.45, 7) is 2.89. The van der Waals surface area contributed by atoms with Gasteiger partial charge in [0.1, 0.15) is 6.61 Å². The Morgan fingerprint density at radius 3 is 2.27 bits per heavy atom. The van der Waals surface area contributed by atoms with Crippen LogP contribution in [0.3, 0.4) is 0 Å². The van der Waals surface area contributed by atoms with Crippen LogP contribution in [0.2, 0.25) is 0 Å². The number of aliphatic hydroxyl groups excluding tert-OH is 1. The summed E-state index contributed by atoms with van der Waals surface area (Å²) in [6, 6.07) is 0. The summed E-state index contributed by atoms with van der Waals surface area (Å²) >= 11 is 0. The van der Waals surface area contributed by atoms with Crippen molar-refractivity contribution in [3.8, 4) is 0 Å². The molecule has 0 amide bonds. The Kier molecular flexibility index (Phi) is 10.3. The van der Waals surface area contributed by atoms with Crippen molar-refractivity contribution < 1.29 is 27.2 Å². The van der Waals surface area contributed by atoms with Crippen LogP contribution in [0.4, 0.5) is 0 Å². The molecule has 1 atom stereocenters. The van der Waals surface area contributed by atoms with Crippen molar-refractivity contribution in [2.45, 2.75) is 19.6 Å². The number of aliphatic hydroxyl groups is 1. The average molecular weight is 184 g/mol. The molecular formula is C7H18ClNO2. The van der Waals surface area contributed by atoms with Crippen molar-refractivity contribution in [3.63, 3.8) is 0 Å². The third kappa shape index (κ3) is 6.56. The lowest BCUT2D eigenvalue weighted by molar-refractivity contribution is -0.911. The second-order valence-corrected chi connectivity index (χ2v) is 2.62. The van der Waals surface area contributed by atoms with Gasteiger partial charge in [-0.3, -0.25) is 0 Å². The molecule has 2 N–H and O–H groups in total. The van der Waals surface area contributed by atoms with Crippen LogP contribution in [-0.4, -0.2) is 38.6 Å². The lowest BCUT2D eigenvalue weighted by Gasteiger charge is -2.18. The Bertz CT molecular complexity index is 80.8. The molecule has 0 rings (SSSR count). The predicted molar refractivity (Wildman–Crippen MR) is 39.9 cm³/mol. The van der Waals surface area contributed by atoms with E-state index >= 15 is 0 Å². The second kappa shape index (κ2) is 8.27. The standard InChI is InChI=1S/C7H17NO2.ClH/c1-4-5-10-7(6-9)8(2)3;/h7,9H,4-6H2,1-3H3;1H. The fourth-order valence-electron chi connectivity index (χ4n) is 0.662. The van der Waals surface area contributed by atoms with E-state index in [1.807, 2.05) is 14.1 Å². The van der Waals surface area contributed by atoms with Gasteiger partial charge in [-0.05, 0) is 6.42 Å². The molecule has 0 aromatic heterocycles. The minimum atomic E-state index is -0.0556. The summed E-state index contributed by atoms with van der Waals surface area (Å²) in [5.74, 6) is 0. The van der Waals surface area contributed by atoms with E-state index in [-0.39, 0.29) is 25.2 Å². The van der Waals surface area contributed by atoms with Gasteiger partial charge in [0, 0.05) is 0 Å². The molecule has 0 spiro atoms. The molecule has 0 radical (unpaired) electrons. The van der Waals surface area contributed by atoms with Gasteiger partial charge >= 0.3 is 0 Å². The molecule has 0 saturated heterocycles. The smallest absolute Gasteiger partial charge is 0.214 e. The molecule has 1 unspecified atom stereocenters. The molecule has 0 aliphatic rings. The number of ether oxygens (including phenoxy) is 1. The van der Waals surface area contributed by atoms with E-state index in [4.69, 9.17) is 9.84 Å². The Morgan fingerprint density at radius 1 is 1.45 bits per heavy atom. The van der Waals surface area contributed by atoms with Crippen molar-refractivity contribution in [1.82, 2.24) is 0 Å². The maximum absolute atomic E-state index is 8.78. The third-order valence-corrected chi connectivity index (χ3v) is 1.33. The molecule has 0 bridgehead atoms. The number of rotatable bonds is 5. The summed E-state index contributed by atoms with van der Waals surface area (Å²) in [5, 5.41) is 8.78. The molecule has 0 aromatic rings. The van der Waals surface area contributed by atoms with Crippen LogP contribution in [0, 0.1) is 0 Å². The molecule has 0 heterocycles. The first-order valence-electron chi connectivity index (χ1n) is 3.74. The molecule has 4 heteroatoms. The highest BCUT2D eigenvalue weighted by atomic mass is 35.5. The molecule has 11 heavy (non-hydrogen) atoms. The Labute approximate surface area is 74.7 Å². The highest BCUT2D eigenvalue weighted by Gasteiger charge is 2.11. The SMILES string of the molecule is CCCOC(CO)[NH+](C)C.[Cl-]. The Balaban J connectivity index is 0. The zero-order valence-electron chi connectivity index (χ0n) is 7.43. The zero-order valence-corrected chi connectivity index (χ0v) is 8.19. The van der Waals surface area contributed by atoms with Gasteiger partial charge in [-0.1, -0.05) is 6.92 Å². The first-order chi connectivity index (χ1) is 4.72. The van der Waals surface area contributed by atoms with E-state index in [9.17, 15) is 0 Å². The molecule has 70 valence electrons. The molecular weight excluding hydrogens is 166 g/mol. The molecule has 3 nitrogen and oxygen atoms in total. The van der Waals surface area contributed by atoms with Crippen molar-refractivity contribution in [1.29, 1.82) is 0 Å². The number of halogens is 1. The van der Waals surface area contributed by atoms with Gasteiger partial charge in [-0.15, -0.1) is 0 Å². The molecule has 0 saturated carbocycles. The predicted octanol–water partition coefficient (Wildman–Crippen LogP) is -4.12. The topological polar surface area (TPSA) is 33.9 Å². The van der Waals surface area contributed by atoms with Crippen LogP contribution in [0.1, 0.15) is 13.3 Å². The van der Waals surface area contributed by atoms with Crippen LogP contribution in [0.5, 0.6) is 0 Å². The minimum absolute atomic E-state index is 0. The zero-order chi connectivity index (χ0) is 7.98. The van der Waals surface area contributed by atoms with Crippen molar-refractivity contribution in [2.75, 3.05) is 27.3 Å². The average Bonchev–Trinajstić information content (AvgIpc) is 1.89. The summed E-state index contributed by atoms with van der Waals surface area (Å²) in [5.41, 5.74) is 0. The van der Waals surface area contributed by atoms with E-state index in [1.54, 1.807) is 0 Å². The molecule has 0 aliphatic carbocycles. The van der Waals surface area contributed by atoms with Crippen LogP contribution in [0.15, 0.2) is 0 Å². The van der Waals surface area contributed by atoms with Gasteiger partial charge in [-0.2, -0.15) is 0 Å². The largest absolute Gasteiger partial charge is 1.00 e. The van der Waals surface area contributed by atoms with Crippen molar-refractivity contribution >= 4 is 0 Å². The summed E-state index contributed by atoms with van der Waals surface area (Å²) < 4.78 is 5.31. The van der Waals surface area contributed by atoms with Crippen LogP contribution in [-0.2, 0) is 4.74 Å². The summed E-state index contributed by atoms with van der Waals surface area (Å²) in [6.07, 6.45) is 0.948.